The van der Waals surface area contributed by atoms with E-state index in [9.17, 15) is 20.1 Å². The first-order valence-corrected chi connectivity index (χ1v) is 22.0. The van der Waals surface area contributed by atoms with Crippen molar-refractivity contribution in [2.24, 2.45) is 0 Å². The number of esters is 1. The second kappa shape index (κ2) is 35.9. The molecule has 310 valence electrons. The Hall–Kier alpha value is -0.810. The van der Waals surface area contributed by atoms with Crippen LogP contribution in [0.2, 0.25) is 0 Å². The maximum absolute atomic E-state index is 11.7. The molecule has 1 aliphatic rings. The molecule has 0 aromatic heterocycles. The lowest BCUT2D eigenvalue weighted by Crippen LogP contribution is -2.60. The second-order valence-electron chi connectivity index (χ2n) is 15.4. The molecule has 0 aromatic rings. The summed E-state index contributed by atoms with van der Waals surface area (Å²) >= 11 is 0. The lowest BCUT2D eigenvalue weighted by Gasteiger charge is -2.41. The summed E-state index contributed by atoms with van der Waals surface area (Å²) in [6, 6.07) is 0. The molecule has 0 spiro atoms. The van der Waals surface area contributed by atoms with E-state index in [1.165, 1.54) is 161 Å². The Kier molecular flexibility index (Phi) is 33.9. The predicted molar refractivity (Wildman–Crippen MR) is 210 cm³/mol. The molecule has 1 heterocycles. The highest BCUT2D eigenvalue weighted by Crippen LogP contribution is 2.25. The van der Waals surface area contributed by atoms with Crippen LogP contribution in [0.1, 0.15) is 201 Å². The van der Waals surface area contributed by atoms with Gasteiger partial charge >= 0.3 is 5.97 Å². The van der Waals surface area contributed by atoms with Crippen LogP contribution >= 0.6 is 0 Å². The van der Waals surface area contributed by atoms with Crippen molar-refractivity contribution in [3.05, 3.63) is 0 Å². The van der Waals surface area contributed by atoms with E-state index in [0.717, 1.165) is 25.7 Å². The first-order valence-electron chi connectivity index (χ1n) is 22.0. The van der Waals surface area contributed by atoms with Crippen LogP contribution in [0.15, 0.2) is 0 Å². The zero-order valence-electron chi connectivity index (χ0n) is 34.1. The predicted octanol–water partition coefficient (Wildman–Crippen LogP) is 9.74. The van der Waals surface area contributed by atoms with Crippen LogP contribution in [0.5, 0.6) is 0 Å². The van der Waals surface area contributed by atoms with Gasteiger partial charge in [0.2, 0.25) is 0 Å². The summed E-state index contributed by atoms with van der Waals surface area (Å²) in [4.78, 5) is 11.7. The monoisotopic (exact) mass is 745 g/mol. The SMILES string of the molecule is CCCCCCCCCCCCCCCCOC[C@H](CO[C@@H]1O[C@H](CO)[C@@H](O)[C@H](O)[C@H]1OC(C)=O)OCCCCCCCCCCCCCCCC. The van der Waals surface area contributed by atoms with Gasteiger partial charge in [-0.25, -0.2) is 0 Å². The Morgan fingerprint density at radius 1 is 0.577 bits per heavy atom. The number of aliphatic hydroxyl groups excluding tert-OH is 3. The van der Waals surface area contributed by atoms with Crippen molar-refractivity contribution >= 4 is 5.97 Å². The molecule has 0 aromatic carbocycles. The summed E-state index contributed by atoms with van der Waals surface area (Å²) in [5.41, 5.74) is 0. The maximum atomic E-state index is 11.7. The van der Waals surface area contributed by atoms with Gasteiger partial charge in [0.25, 0.3) is 0 Å². The van der Waals surface area contributed by atoms with Crippen LogP contribution < -0.4 is 0 Å². The topological polar surface area (TPSA) is 124 Å². The van der Waals surface area contributed by atoms with E-state index in [1.54, 1.807) is 0 Å². The molecule has 1 rings (SSSR count). The van der Waals surface area contributed by atoms with E-state index in [0.29, 0.717) is 19.8 Å². The van der Waals surface area contributed by atoms with Gasteiger partial charge in [0.15, 0.2) is 12.4 Å². The van der Waals surface area contributed by atoms with Gasteiger partial charge in [-0.05, 0) is 12.8 Å². The Labute approximate surface area is 319 Å². The summed E-state index contributed by atoms with van der Waals surface area (Å²) in [5, 5.41) is 30.5. The molecule has 1 fully saturated rings. The van der Waals surface area contributed by atoms with Crippen molar-refractivity contribution in [1.82, 2.24) is 0 Å². The molecule has 0 unspecified atom stereocenters. The third kappa shape index (κ3) is 26.9. The van der Waals surface area contributed by atoms with Crippen LogP contribution in [0, 0.1) is 0 Å². The van der Waals surface area contributed by atoms with Crippen LogP contribution in [-0.2, 0) is 28.5 Å². The summed E-state index contributed by atoms with van der Waals surface area (Å²) in [6.07, 6.45) is 29.9. The summed E-state index contributed by atoms with van der Waals surface area (Å²) < 4.78 is 29.1. The molecule has 0 radical (unpaired) electrons. The molecular weight excluding hydrogens is 660 g/mol. The first kappa shape index (κ1) is 49.2. The third-order valence-corrected chi connectivity index (χ3v) is 10.4. The van der Waals surface area contributed by atoms with E-state index in [2.05, 4.69) is 13.8 Å². The van der Waals surface area contributed by atoms with Gasteiger partial charge < -0.3 is 39.0 Å². The zero-order chi connectivity index (χ0) is 37.9. The molecule has 0 aliphatic carbocycles. The normalized spacial score (nSPS) is 21.1. The van der Waals surface area contributed by atoms with Crippen LogP contribution in [0.4, 0.5) is 0 Å². The Bertz CT molecular complexity index is 769. The van der Waals surface area contributed by atoms with Gasteiger partial charge in [0.05, 0.1) is 19.8 Å². The van der Waals surface area contributed by atoms with Gasteiger partial charge in [-0.1, -0.05) is 181 Å². The zero-order valence-corrected chi connectivity index (χ0v) is 34.1. The summed E-state index contributed by atoms with van der Waals surface area (Å²) in [7, 11) is 0. The summed E-state index contributed by atoms with van der Waals surface area (Å²) in [5.74, 6) is -0.627. The molecule has 0 bridgehead atoms. The Balaban J connectivity index is 2.34. The number of aliphatic hydroxyl groups is 3. The molecule has 0 saturated carbocycles. The molecule has 3 N–H and O–H groups in total. The second-order valence-corrected chi connectivity index (χ2v) is 15.4. The number of rotatable bonds is 38. The van der Waals surface area contributed by atoms with E-state index in [4.69, 9.17) is 23.7 Å². The van der Waals surface area contributed by atoms with E-state index < -0.39 is 43.3 Å². The van der Waals surface area contributed by atoms with E-state index in [1.807, 2.05) is 0 Å². The standard InChI is InChI=1S/C43H84O9/c1-4-6-8-10-12-14-16-18-20-22-24-26-28-30-32-48-35-38(36-50-43-42(51-37(3)45)41(47)40(46)39(34-44)52-43)49-33-31-29-27-25-23-21-19-17-15-13-11-9-7-5-2/h38-44,46-47H,4-36H2,1-3H3/t38-,39-,40-,41+,42-,43-/m1/s1. The minimum absolute atomic E-state index is 0.0980. The smallest absolute Gasteiger partial charge is 0.303 e. The highest BCUT2D eigenvalue weighted by molar-refractivity contribution is 5.66. The highest BCUT2D eigenvalue weighted by Gasteiger charge is 2.47. The van der Waals surface area contributed by atoms with Crippen molar-refractivity contribution in [2.45, 2.75) is 237 Å². The number of hydrogen-bond acceptors (Lipinski definition) is 9. The molecule has 1 aliphatic heterocycles. The Morgan fingerprint density at radius 2 is 0.981 bits per heavy atom. The number of carbonyl (C=O) groups is 1. The van der Waals surface area contributed by atoms with Gasteiger partial charge in [-0.2, -0.15) is 0 Å². The minimum Gasteiger partial charge on any atom is -0.454 e. The molecule has 0 amide bonds. The molecular formula is C43H84O9. The van der Waals surface area contributed by atoms with Gasteiger partial charge in [0, 0.05) is 20.1 Å². The average molecular weight is 745 g/mol. The van der Waals surface area contributed by atoms with Crippen molar-refractivity contribution in [3.63, 3.8) is 0 Å². The fraction of sp³-hybridized carbons (Fsp3) is 0.977. The van der Waals surface area contributed by atoms with Gasteiger partial charge in [-0.15, -0.1) is 0 Å². The molecule has 9 nitrogen and oxygen atoms in total. The quantitative estimate of drug-likeness (QED) is 0.0419. The van der Waals surface area contributed by atoms with Crippen molar-refractivity contribution < 1.29 is 43.8 Å². The minimum atomic E-state index is -1.45. The number of carbonyl (C=O) groups excluding carboxylic acids is 1. The molecule has 6 atom stereocenters. The molecule has 1 saturated heterocycles. The average Bonchev–Trinajstić information content (AvgIpc) is 3.14. The first-order chi connectivity index (χ1) is 25.4. The van der Waals surface area contributed by atoms with Crippen molar-refractivity contribution in [2.75, 3.05) is 33.0 Å². The summed E-state index contributed by atoms with van der Waals surface area (Å²) in [6.45, 7) is 6.96. The number of hydrogen-bond donors (Lipinski definition) is 3. The van der Waals surface area contributed by atoms with E-state index in [-0.39, 0.29) is 12.7 Å². The van der Waals surface area contributed by atoms with Crippen LogP contribution in [0.3, 0.4) is 0 Å². The fourth-order valence-corrected chi connectivity index (χ4v) is 7.01. The van der Waals surface area contributed by atoms with Crippen LogP contribution in [0.25, 0.3) is 0 Å². The third-order valence-electron chi connectivity index (χ3n) is 10.4. The van der Waals surface area contributed by atoms with Crippen molar-refractivity contribution in [3.8, 4) is 0 Å². The maximum Gasteiger partial charge on any atom is 0.303 e. The largest absolute Gasteiger partial charge is 0.454 e. The molecule has 9 heteroatoms. The Morgan fingerprint density at radius 3 is 1.38 bits per heavy atom. The van der Waals surface area contributed by atoms with Gasteiger partial charge in [-0.3, -0.25) is 4.79 Å². The van der Waals surface area contributed by atoms with Crippen LogP contribution in [-0.4, -0.2) is 91.1 Å². The number of ether oxygens (including phenoxy) is 5. The van der Waals surface area contributed by atoms with E-state index >= 15 is 0 Å². The molecule has 52 heavy (non-hydrogen) atoms. The van der Waals surface area contributed by atoms with Gasteiger partial charge in [0.1, 0.15) is 24.4 Å². The fourth-order valence-electron chi connectivity index (χ4n) is 7.01. The lowest BCUT2D eigenvalue weighted by atomic mass is 9.99. The lowest BCUT2D eigenvalue weighted by molar-refractivity contribution is -0.308. The highest BCUT2D eigenvalue weighted by atomic mass is 16.7. The number of unbranched alkanes of at least 4 members (excludes halogenated alkanes) is 26. The van der Waals surface area contributed by atoms with Crippen molar-refractivity contribution in [1.29, 1.82) is 0 Å².